The van der Waals surface area contributed by atoms with Crippen LogP contribution >= 0.6 is 0 Å². The molecule has 1 aromatic rings. The largest absolute Gasteiger partial charge is 0.573 e. The van der Waals surface area contributed by atoms with Crippen LogP contribution in [0, 0.1) is 0 Å². The molecule has 17 heavy (non-hydrogen) atoms. The number of alkyl halides is 3. The van der Waals surface area contributed by atoms with Crippen LogP contribution < -0.4 is 4.74 Å². The lowest BCUT2D eigenvalue weighted by Gasteiger charge is -2.09. The monoisotopic (exact) mass is 246 g/mol. The molecule has 94 valence electrons. The zero-order chi connectivity index (χ0) is 12.9. The van der Waals surface area contributed by atoms with Gasteiger partial charge in [0.15, 0.2) is 0 Å². The fourth-order valence-electron chi connectivity index (χ4n) is 1.45. The molecule has 0 aromatic heterocycles. The molecule has 0 saturated carbocycles. The number of carbonyl (C=O) groups excluding carboxylic acids is 1. The Kier molecular flexibility index (Phi) is 4.54. The lowest BCUT2D eigenvalue weighted by molar-refractivity contribution is -0.274. The van der Waals surface area contributed by atoms with Gasteiger partial charge in [-0.3, -0.25) is 4.79 Å². The van der Waals surface area contributed by atoms with Crippen molar-refractivity contribution in [3.8, 4) is 5.75 Å². The first-order chi connectivity index (χ1) is 7.90. The van der Waals surface area contributed by atoms with E-state index in [-0.39, 0.29) is 18.0 Å². The van der Waals surface area contributed by atoms with Crippen molar-refractivity contribution < 1.29 is 22.7 Å². The maximum atomic E-state index is 12.0. The van der Waals surface area contributed by atoms with Crippen molar-refractivity contribution in [1.82, 2.24) is 0 Å². The van der Waals surface area contributed by atoms with E-state index in [9.17, 15) is 18.0 Å². The quantitative estimate of drug-likeness (QED) is 0.794. The molecule has 5 heteroatoms. The second kappa shape index (κ2) is 5.70. The number of hydrogen-bond donors (Lipinski definition) is 0. The molecule has 0 N–H and O–H groups in total. The summed E-state index contributed by atoms with van der Waals surface area (Å²) in [5.74, 6) is -0.282. The summed E-state index contributed by atoms with van der Waals surface area (Å²) in [7, 11) is 0. The predicted octanol–water partition coefficient (Wildman–Crippen LogP) is 3.50. The van der Waals surface area contributed by atoms with Crippen molar-refractivity contribution in [2.75, 3.05) is 0 Å². The lowest BCUT2D eigenvalue weighted by atomic mass is 10.1. The summed E-state index contributed by atoms with van der Waals surface area (Å²) < 4.78 is 39.7. The predicted molar refractivity (Wildman–Crippen MR) is 56.7 cm³/mol. The van der Waals surface area contributed by atoms with E-state index in [4.69, 9.17) is 0 Å². The lowest BCUT2D eigenvalue weighted by Crippen LogP contribution is -2.17. The van der Waals surface area contributed by atoms with Crippen LogP contribution in [-0.2, 0) is 11.2 Å². The average Bonchev–Trinajstić information content (AvgIpc) is 2.15. The van der Waals surface area contributed by atoms with Gasteiger partial charge in [-0.1, -0.05) is 19.1 Å². The molecule has 0 unspecified atom stereocenters. The summed E-state index contributed by atoms with van der Waals surface area (Å²) in [6, 6.07) is 5.49. The van der Waals surface area contributed by atoms with Gasteiger partial charge >= 0.3 is 6.36 Å². The van der Waals surface area contributed by atoms with Gasteiger partial charge in [-0.05, 0) is 24.1 Å². The molecule has 0 aliphatic heterocycles. The Labute approximate surface area is 97.4 Å². The molecule has 0 saturated heterocycles. The molecule has 2 nitrogen and oxygen atoms in total. The molecule has 0 fully saturated rings. The van der Waals surface area contributed by atoms with Crippen LogP contribution in [-0.4, -0.2) is 12.1 Å². The Morgan fingerprint density at radius 1 is 1.35 bits per heavy atom. The Morgan fingerprint density at radius 2 is 2.06 bits per heavy atom. The van der Waals surface area contributed by atoms with E-state index in [0.29, 0.717) is 12.0 Å². The molecule has 0 spiro atoms. The number of rotatable bonds is 5. The number of halogens is 3. The fourth-order valence-corrected chi connectivity index (χ4v) is 1.45. The minimum Gasteiger partial charge on any atom is -0.406 e. The van der Waals surface area contributed by atoms with Crippen LogP contribution in [0.25, 0.3) is 0 Å². The minimum absolute atomic E-state index is 0.0108. The van der Waals surface area contributed by atoms with Crippen molar-refractivity contribution >= 4 is 5.78 Å². The summed E-state index contributed by atoms with van der Waals surface area (Å²) in [5, 5.41) is 0. The highest BCUT2D eigenvalue weighted by Crippen LogP contribution is 2.23. The summed E-state index contributed by atoms with van der Waals surface area (Å²) in [5.41, 5.74) is 0.533. The molecular weight excluding hydrogens is 233 g/mol. The number of carbonyl (C=O) groups is 1. The Bertz CT molecular complexity index is 386. The molecule has 1 aromatic carbocycles. The smallest absolute Gasteiger partial charge is 0.406 e. The Balaban J connectivity index is 2.69. The number of benzene rings is 1. The number of ether oxygens (including phenoxy) is 1. The second-order valence-corrected chi connectivity index (χ2v) is 3.66. The molecule has 0 radical (unpaired) electrons. The zero-order valence-corrected chi connectivity index (χ0v) is 9.38. The molecule has 0 amide bonds. The van der Waals surface area contributed by atoms with E-state index in [0.717, 1.165) is 6.42 Å². The highest BCUT2D eigenvalue weighted by Gasteiger charge is 2.31. The van der Waals surface area contributed by atoms with Gasteiger partial charge in [-0.25, -0.2) is 0 Å². The molecule has 0 aliphatic carbocycles. The van der Waals surface area contributed by atoms with Crippen LogP contribution in [0.15, 0.2) is 24.3 Å². The van der Waals surface area contributed by atoms with Gasteiger partial charge in [0.2, 0.25) is 0 Å². The second-order valence-electron chi connectivity index (χ2n) is 3.66. The van der Waals surface area contributed by atoms with E-state index in [1.807, 2.05) is 6.92 Å². The summed E-state index contributed by atoms with van der Waals surface area (Å²) in [6.45, 7) is 1.88. The van der Waals surface area contributed by atoms with E-state index in [1.165, 1.54) is 18.2 Å². The summed E-state index contributed by atoms with van der Waals surface area (Å²) in [6.07, 6.45) is -3.39. The van der Waals surface area contributed by atoms with E-state index >= 15 is 0 Å². The van der Waals surface area contributed by atoms with Gasteiger partial charge in [-0.15, -0.1) is 13.2 Å². The third-order valence-electron chi connectivity index (χ3n) is 2.06. The molecule has 0 atom stereocenters. The van der Waals surface area contributed by atoms with Crippen LogP contribution in [0.1, 0.15) is 25.3 Å². The minimum atomic E-state index is -4.70. The van der Waals surface area contributed by atoms with Crippen molar-refractivity contribution in [3.05, 3.63) is 29.8 Å². The van der Waals surface area contributed by atoms with Crippen LogP contribution in [0.5, 0.6) is 5.75 Å². The summed E-state index contributed by atoms with van der Waals surface area (Å²) in [4.78, 5) is 11.3. The number of hydrogen-bond acceptors (Lipinski definition) is 2. The van der Waals surface area contributed by atoms with Crippen molar-refractivity contribution in [1.29, 1.82) is 0 Å². The molecule has 1 rings (SSSR count). The molecule has 0 bridgehead atoms. The van der Waals surface area contributed by atoms with E-state index < -0.39 is 6.36 Å². The fraction of sp³-hybridized carbons (Fsp3) is 0.417. The van der Waals surface area contributed by atoms with Gasteiger partial charge in [-0.2, -0.15) is 0 Å². The topological polar surface area (TPSA) is 26.3 Å². The Morgan fingerprint density at radius 3 is 2.65 bits per heavy atom. The van der Waals surface area contributed by atoms with Crippen LogP contribution in [0.3, 0.4) is 0 Å². The Hall–Kier alpha value is -1.52. The first-order valence-corrected chi connectivity index (χ1v) is 5.27. The van der Waals surface area contributed by atoms with Crippen molar-refractivity contribution in [2.45, 2.75) is 32.5 Å². The average molecular weight is 246 g/mol. The first-order valence-electron chi connectivity index (χ1n) is 5.27. The normalized spacial score (nSPS) is 11.3. The van der Waals surface area contributed by atoms with Gasteiger partial charge in [0.1, 0.15) is 11.5 Å². The maximum Gasteiger partial charge on any atom is 0.573 e. The SMILES string of the molecule is CCCC(=O)Cc1cccc(OC(F)(F)F)c1. The van der Waals surface area contributed by atoms with Crippen molar-refractivity contribution in [3.63, 3.8) is 0 Å². The standard InChI is InChI=1S/C12H13F3O2/c1-2-4-10(16)7-9-5-3-6-11(8-9)17-12(13,14)15/h3,5-6,8H,2,4,7H2,1H3. The highest BCUT2D eigenvalue weighted by molar-refractivity contribution is 5.80. The van der Waals surface area contributed by atoms with Gasteiger partial charge in [0.05, 0.1) is 0 Å². The van der Waals surface area contributed by atoms with Crippen LogP contribution in [0.4, 0.5) is 13.2 Å². The third-order valence-corrected chi connectivity index (χ3v) is 2.06. The van der Waals surface area contributed by atoms with Gasteiger partial charge in [0, 0.05) is 12.8 Å². The van der Waals surface area contributed by atoms with Gasteiger partial charge < -0.3 is 4.74 Å². The van der Waals surface area contributed by atoms with Gasteiger partial charge in [0.25, 0.3) is 0 Å². The van der Waals surface area contributed by atoms with E-state index in [2.05, 4.69) is 4.74 Å². The third kappa shape index (κ3) is 5.38. The molecular formula is C12H13F3O2. The number of Topliss-reactive ketones (excluding diaryl/α,β-unsaturated/α-hetero) is 1. The summed E-state index contributed by atoms with van der Waals surface area (Å²) >= 11 is 0. The molecule has 0 heterocycles. The maximum absolute atomic E-state index is 12.0. The number of ketones is 1. The highest BCUT2D eigenvalue weighted by atomic mass is 19.4. The first kappa shape index (κ1) is 13.5. The van der Waals surface area contributed by atoms with Crippen LogP contribution in [0.2, 0.25) is 0 Å². The van der Waals surface area contributed by atoms with E-state index in [1.54, 1.807) is 6.07 Å². The zero-order valence-electron chi connectivity index (χ0n) is 9.38. The van der Waals surface area contributed by atoms with Crippen molar-refractivity contribution in [2.24, 2.45) is 0 Å². The molecule has 0 aliphatic rings.